The molecule has 15 heavy (non-hydrogen) atoms. The van der Waals surface area contributed by atoms with E-state index < -0.39 is 5.54 Å². The van der Waals surface area contributed by atoms with Crippen LogP contribution in [0.25, 0.3) is 0 Å². The Morgan fingerprint density at radius 3 is 2.60 bits per heavy atom. The number of carbonyl (C=O) groups excluding carboxylic acids is 1. The Hall–Kier alpha value is -0.610. The molecular formula is C11H21NO3. The van der Waals surface area contributed by atoms with Crippen molar-refractivity contribution >= 4 is 5.97 Å². The maximum Gasteiger partial charge on any atom is 0.325 e. The number of ether oxygens (including phenoxy) is 2. The molecule has 1 aliphatic carbocycles. The van der Waals surface area contributed by atoms with Crippen LogP contribution in [0.1, 0.15) is 32.6 Å². The van der Waals surface area contributed by atoms with Crippen molar-refractivity contribution in [2.45, 2.75) is 44.2 Å². The van der Waals surface area contributed by atoms with Crippen LogP contribution >= 0.6 is 0 Å². The third-order valence-electron chi connectivity index (χ3n) is 2.76. The minimum atomic E-state index is -0.547. The van der Waals surface area contributed by atoms with E-state index in [9.17, 15) is 4.79 Å². The van der Waals surface area contributed by atoms with E-state index in [1.807, 2.05) is 6.92 Å². The molecule has 1 saturated carbocycles. The van der Waals surface area contributed by atoms with Crippen LogP contribution in [-0.2, 0) is 14.3 Å². The summed E-state index contributed by atoms with van der Waals surface area (Å²) in [5, 5.41) is 3.35. The van der Waals surface area contributed by atoms with Gasteiger partial charge in [0.1, 0.15) is 5.54 Å². The Balaban J connectivity index is 2.45. The van der Waals surface area contributed by atoms with Gasteiger partial charge in [-0.25, -0.2) is 0 Å². The highest BCUT2D eigenvalue weighted by atomic mass is 16.5. The topological polar surface area (TPSA) is 47.6 Å². The Morgan fingerprint density at radius 1 is 1.47 bits per heavy atom. The Kier molecular flexibility index (Phi) is 4.54. The second-order valence-electron chi connectivity index (χ2n) is 4.34. The lowest BCUT2D eigenvalue weighted by Crippen LogP contribution is -2.51. The van der Waals surface area contributed by atoms with Crippen molar-refractivity contribution in [3.05, 3.63) is 0 Å². The first-order valence-corrected chi connectivity index (χ1v) is 5.47. The second-order valence-corrected chi connectivity index (χ2v) is 4.34. The highest BCUT2D eigenvalue weighted by molar-refractivity contribution is 5.80. The zero-order chi connectivity index (χ0) is 11.3. The second kappa shape index (κ2) is 5.47. The summed E-state index contributed by atoms with van der Waals surface area (Å²) < 4.78 is 9.82. The van der Waals surface area contributed by atoms with Crippen molar-refractivity contribution in [3.8, 4) is 0 Å². The first-order valence-electron chi connectivity index (χ1n) is 5.47. The molecular weight excluding hydrogens is 194 g/mol. The van der Waals surface area contributed by atoms with Crippen molar-refractivity contribution in [2.75, 3.05) is 20.8 Å². The van der Waals surface area contributed by atoms with Crippen molar-refractivity contribution in [1.29, 1.82) is 0 Å². The van der Waals surface area contributed by atoms with E-state index in [0.29, 0.717) is 12.6 Å². The summed E-state index contributed by atoms with van der Waals surface area (Å²) >= 11 is 0. The van der Waals surface area contributed by atoms with Crippen LogP contribution in [0.4, 0.5) is 0 Å². The molecule has 1 unspecified atom stereocenters. The number of hydrogen-bond donors (Lipinski definition) is 1. The fraction of sp³-hybridized carbons (Fsp3) is 0.909. The lowest BCUT2D eigenvalue weighted by molar-refractivity contribution is -0.148. The molecule has 4 heteroatoms. The highest BCUT2D eigenvalue weighted by Gasteiger charge is 2.38. The number of hydrogen-bond acceptors (Lipinski definition) is 4. The molecule has 0 aromatic carbocycles. The van der Waals surface area contributed by atoms with Crippen molar-refractivity contribution in [2.24, 2.45) is 0 Å². The zero-order valence-corrected chi connectivity index (χ0v) is 9.84. The fourth-order valence-electron chi connectivity index (χ4n) is 1.71. The van der Waals surface area contributed by atoms with E-state index in [-0.39, 0.29) is 5.97 Å². The van der Waals surface area contributed by atoms with E-state index in [1.54, 1.807) is 7.11 Å². The molecule has 1 rings (SSSR count). The normalized spacial score (nSPS) is 19.7. The van der Waals surface area contributed by atoms with Gasteiger partial charge >= 0.3 is 5.97 Å². The average Bonchev–Trinajstić information content (AvgIpc) is 3.00. The molecule has 1 atom stereocenters. The molecule has 0 saturated heterocycles. The minimum absolute atomic E-state index is 0.175. The molecule has 4 nitrogen and oxygen atoms in total. The molecule has 1 fully saturated rings. The van der Waals surface area contributed by atoms with Gasteiger partial charge in [0.15, 0.2) is 0 Å². The first-order chi connectivity index (χ1) is 7.12. The van der Waals surface area contributed by atoms with Gasteiger partial charge in [0.25, 0.3) is 0 Å². The average molecular weight is 215 g/mol. The molecule has 0 heterocycles. The van der Waals surface area contributed by atoms with Gasteiger partial charge in [-0.15, -0.1) is 0 Å². The van der Waals surface area contributed by atoms with Crippen LogP contribution in [0, 0.1) is 0 Å². The molecule has 0 aromatic rings. The molecule has 0 aromatic heterocycles. The van der Waals surface area contributed by atoms with Crippen LogP contribution in [0.2, 0.25) is 0 Å². The lowest BCUT2D eigenvalue weighted by atomic mass is 9.96. The summed E-state index contributed by atoms with van der Waals surface area (Å²) in [6, 6.07) is 0.497. The standard InChI is InChI=1S/C11H21NO3/c1-11(10(13)15-3,7-4-8-14-2)12-9-5-6-9/h9,12H,4-8H2,1-3H3. The van der Waals surface area contributed by atoms with Gasteiger partial charge in [0.2, 0.25) is 0 Å². The number of rotatable bonds is 7. The van der Waals surface area contributed by atoms with E-state index in [4.69, 9.17) is 9.47 Å². The van der Waals surface area contributed by atoms with Crippen LogP contribution in [-0.4, -0.2) is 38.4 Å². The summed E-state index contributed by atoms with van der Waals surface area (Å²) in [5.74, 6) is -0.175. The largest absolute Gasteiger partial charge is 0.468 e. The van der Waals surface area contributed by atoms with Gasteiger partial charge in [0.05, 0.1) is 7.11 Å². The van der Waals surface area contributed by atoms with E-state index in [1.165, 1.54) is 7.11 Å². The molecule has 1 N–H and O–H groups in total. The van der Waals surface area contributed by atoms with Gasteiger partial charge in [-0.3, -0.25) is 10.1 Å². The van der Waals surface area contributed by atoms with Gasteiger partial charge in [-0.2, -0.15) is 0 Å². The monoisotopic (exact) mass is 215 g/mol. The molecule has 0 spiro atoms. The van der Waals surface area contributed by atoms with Crippen LogP contribution in [0.15, 0.2) is 0 Å². The predicted molar refractivity (Wildman–Crippen MR) is 57.7 cm³/mol. The van der Waals surface area contributed by atoms with Gasteiger partial charge in [-0.05, 0) is 32.6 Å². The van der Waals surface area contributed by atoms with Gasteiger partial charge < -0.3 is 9.47 Å². The van der Waals surface area contributed by atoms with E-state index in [2.05, 4.69) is 5.32 Å². The summed E-state index contributed by atoms with van der Waals surface area (Å²) in [6.07, 6.45) is 3.94. The molecule has 0 bridgehead atoms. The van der Waals surface area contributed by atoms with Gasteiger partial charge in [-0.1, -0.05) is 0 Å². The predicted octanol–water partition coefficient (Wildman–Crippen LogP) is 1.10. The third-order valence-corrected chi connectivity index (χ3v) is 2.76. The Morgan fingerprint density at radius 2 is 2.13 bits per heavy atom. The highest BCUT2D eigenvalue weighted by Crippen LogP contribution is 2.25. The van der Waals surface area contributed by atoms with Crippen molar-refractivity contribution in [1.82, 2.24) is 5.32 Å². The zero-order valence-electron chi connectivity index (χ0n) is 9.84. The maximum atomic E-state index is 11.7. The third kappa shape index (κ3) is 3.80. The SMILES string of the molecule is COCCCC(C)(NC1CC1)C(=O)OC. The van der Waals surface area contributed by atoms with Crippen molar-refractivity contribution in [3.63, 3.8) is 0 Å². The first kappa shape index (κ1) is 12.5. The minimum Gasteiger partial charge on any atom is -0.468 e. The lowest BCUT2D eigenvalue weighted by Gasteiger charge is -2.28. The van der Waals surface area contributed by atoms with Gasteiger partial charge in [0, 0.05) is 19.8 Å². The van der Waals surface area contributed by atoms with Crippen LogP contribution in [0.3, 0.4) is 0 Å². The Bertz CT molecular complexity index is 216. The van der Waals surface area contributed by atoms with Crippen molar-refractivity contribution < 1.29 is 14.3 Å². The number of carbonyl (C=O) groups is 1. The fourth-order valence-corrected chi connectivity index (χ4v) is 1.71. The summed E-state index contributed by atoms with van der Waals surface area (Å²) in [5.41, 5.74) is -0.547. The number of esters is 1. The van der Waals surface area contributed by atoms with E-state index >= 15 is 0 Å². The number of methoxy groups -OCH3 is 2. The Labute approximate surface area is 91.3 Å². The quantitative estimate of drug-likeness (QED) is 0.510. The molecule has 0 aliphatic heterocycles. The molecule has 0 amide bonds. The van der Waals surface area contributed by atoms with Crippen LogP contribution < -0.4 is 5.32 Å². The number of nitrogens with one attached hydrogen (secondary N) is 1. The molecule has 88 valence electrons. The summed E-state index contributed by atoms with van der Waals surface area (Å²) in [4.78, 5) is 11.7. The maximum absolute atomic E-state index is 11.7. The summed E-state index contributed by atoms with van der Waals surface area (Å²) in [7, 11) is 3.11. The van der Waals surface area contributed by atoms with E-state index in [0.717, 1.165) is 25.7 Å². The molecule has 0 radical (unpaired) electrons. The van der Waals surface area contributed by atoms with Crippen LogP contribution in [0.5, 0.6) is 0 Å². The molecule has 1 aliphatic rings. The summed E-state index contributed by atoms with van der Waals surface area (Å²) in [6.45, 7) is 2.59. The smallest absolute Gasteiger partial charge is 0.325 e.